The van der Waals surface area contributed by atoms with Crippen molar-refractivity contribution in [3.05, 3.63) is 75.3 Å². The lowest BCUT2D eigenvalue weighted by atomic mass is 9.96. The van der Waals surface area contributed by atoms with Gasteiger partial charge in [-0.1, -0.05) is 12.2 Å². The van der Waals surface area contributed by atoms with E-state index in [9.17, 15) is 37.5 Å². The number of alkyl halides is 4. The van der Waals surface area contributed by atoms with Crippen LogP contribution < -0.4 is 16.3 Å². The van der Waals surface area contributed by atoms with Gasteiger partial charge in [-0.15, -0.1) is 16.7 Å². The summed E-state index contributed by atoms with van der Waals surface area (Å²) in [5, 5.41) is 24.3. The molecule has 3 amide bonds. The topological polar surface area (TPSA) is 182 Å². The number of halogens is 4. The number of hydrogen-bond donors (Lipinski definition) is 3. The zero-order valence-electron chi connectivity index (χ0n) is 24.7. The lowest BCUT2D eigenvalue weighted by molar-refractivity contribution is -0.207. The maximum atomic E-state index is 14.0. The second-order valence-corrected chi connectivity index (χ2v) is 12.8. The molecule has 2 aliphatic carbocycles. The number of amides is 3. The lowest BCUT2D eigenvalue weighted by Crippen LogP contribution is -2.50. The minimum Gasteiger partial charge on any atom is -0.382 e. The Labute approximate surface area is 267 Å². The van der Waals surface area contributed by atoms with Gasteiger partial charge in [0.05, 0.1) is 40.3 Å². The molecule has 4 aliphatic rings. The summed E-state index contributed by atoms with van der Waals surface area (Å²) in [6, 6.07) is 1.42. The third-order valence-electron chi connectivity index (χ3n) is 8.71. The van der Waals surface area contributed by atoms with Crippen LogP contribution in [0.4, 0.5) is 13.2 Å². The van der Waals surface area contributed by atoms with E-state index in [0.717, 1.165) is 13.9 Å². The quantitative estimate of drug-likeness (QED) is 0.255. The predicted molar refractivity (Wildman–Crippen MR) is 155 cm³/mol. The SMILES string of the molecule is CC1(Cl)C=CC2C3=C1C3(C)NC(=O)c1ccncc1-n1nc(nc1C(=O)N1CCNC(=O)C1)Cn1nc2n(C[C@H](O)C(F)(F)F)c1=O. The van der Waals surface area contributed by atoms with Gasteiger partial charge in [0.25, 0.3) is 11.8 Å². The summed E-state index contributed by atoms with van der Waals surface area (Å²) in [4.78, 5) is 62.1. The summed E-state index contributed by atoms with van der Waals surface area (Å²) in [6.07, 6.45) is -2.06. The smallest absolute Gasteiger partial charge is 0.382 e. The van der Waals surface area contributed by atoms with Crippen molar-refractivity contribution < 1.29 is 32.7 Å². The first-order valence-electron chi connectivity index (χ1n) is 14.4. The number of nitrogens with zero attached hydrogens (tertiary/aromatic N) is 8. The summed E-state index contributed by atoms with van der Waals surface area (Å²) in [6.45, 7) is 1.79. The number of rotatable bonds is 3. The van der Waals surface area contributed by atoms with Crippen LogP contribution in [-0.4, -0.2) is 104 Å². The first kappa shape index (κ1) is 30.8. The van der Waals surface area contributed by atoms with Crippen LogP contribution in [0.5, 0.6) is 0 Å². The number of pyridine rings is 1. The summed E-state index contributed by atoms with van der Waals surface area (Å²) in [5.41, 5.74) is -1.01. The molecule has 1 saturated heterocycles. The number of fused-ring (bicyclic) bond motifs is 8. The lowest BCUT2D eigenvalue weighted by Gasteiger charge is -2.26. The van der Waals surface area contributed by atoms with Crippen LogP contribution in [0.15, 0.2) is 46.6 Å². The van der Waals surface area contributed by atoms with E-state index >= 15 is 0 Å². The normalized spacial score (nSPS) is 25.8. The molecule has 2 aliphatic heterocycles. The number of allylic oxidation sites excluding steroid dienone is 2. The maximum Gasteiger partial charge on any atom is 0.416 e. The van der Waals surface area contributed by atoms with E-state index < -0.39 is 65.1 Å². The molecule has 5 heterocycles. The molecule has 0 spiro atoms. The molecule has 15 nitrogen and oxygen atoms in total. The number of hydrogen-bond acceptors (Lipinski definition) is 9. The van der Waals surface area contributed by atoms with Gasteiger partial charge >= 0.3 is 11.9 Å². The molecular formula is C28H26ClF3N10O5. The van der Waals surface area contributed by atoms with E-state index in [-0.39, 0.29) is 48.4 Å². The van der Waals surface area contributed by atoms with E-state index in [2.05, 4.69) is 30.8 Å². The Kier molecular flexibility index (Phi) is 6.77. The van der Waals surface area contributed by atoms with Crippen molar-refractivity contribution in [2.75, 3.05) is 19.6 Å². The third-order valence-corrected chi connectivity index (χ3v) is 9.02. The Morgan fingerprint density at radius 2 is 1.98 bits per heavy atom. The van der Waals surface area contributed by atoms with Gasteiger partial charge in [0.1, 0.15) is 18.9 Å². The number of aliphatic hydroxyl groups is 1. The van der Waals surface area contributed by atoms with E-state index in [1.54, 1.807) is 26.0 Å². The van der Waals surface area contributed by atoms with Crippen molar-refractivity contribution in [2.24, 2.45) is 0 Å². The molecule has 0 saturated carbocycles. The largest absolute Gasteiger partial charge is 0.416 e. The number of aliphatic hydroxyl groups excluding tert-OH is 1. The fraction of sp³-hybridized carbons (Fsp3) is 0.429. The number of nitrogens with one attached hydrogen (secondary N) is 2. The van der Waals surface area contributed by atoms with Crippen molar-refractivity contribution in [1.82, 2.24) is 49.6 Å². The molecular weight excluding hydrogens is 649 g/mol. The van der Waals surface area contributed by atoms with Crippen LogP contribution in [0.25, 0.3) is 5.69 Å². The highest BCUT2D eigenvalue weighted by molar-refractivity contribution is 6.28. The predicted octanol–water partition coefficient (Wildman–Crippen LogP) is 0.0272. The first-order chi connectivity index (χ1) is 22.1. The first-order valence-corrected chi connectivity index (χ1v) is 14.8. The van der Waals surface area contributed by atoms with Crippen molar-refractivity contribution in [3.63, 3.8) is 0 Å². The van der Waals surface area contributed by atoms with Gasteiger partial charge < -0.3 is 20.6 Å². The van der Waals surface area contributed by atoms with Crippen LogP contribution >= 0.6 is 11.6 Å². The van der Waals surface area contributed by atoms with Crippen molar-refractivity contribution in [1.29, 1.82) is 0 Å². The van der Waals surface area contributed by atoms with Gasteiger partial charge in [-0.25, -0.2) is 19.1 Å². The highest BCUT2D eigenvalue weighted by Crippen LogP contribution is 2.61. The van der Waals surface area contributed by atoms with Gasteiger partial charge in [0.2, 0.25) is 11.7 Å². The molecule has 19 heteroatoms. The van der Waals surface area contributed by atoms with Gasteiger partial charge in [0, 0.05) is 19.3 Å². The highest BCUT2D eigenvalue weighted by Gasteiger charge is 2.61. The van der Waals surface area contributed by atoms with Crippen LogP contribution in [-0.2, 0) is 17.9 Å². The van der Waals surface area contributed by atoms with Crippen LogP contribution in [0.1, 0.15) is 52.4 Å². The fourth-order valence-electron chi connectivity index (χ4n) is 6.51. The second kappa shape index (κ2) is 10.3. The number of aromatic nitrogens is 7. The molecule has 7 rings (SSSR count). The van der Waals surface area contributed by atoms with Gasteiger partial charge in [-0.05, 0) is 31.1 Å². The minimum absolute atomic E-state index is 0.0532. The van der Waals surface area contributed by atoms with Crippen molar-refractivity contribution >= 4 is 29.3 Å². The Morgan fingerprint density at radius 3 is 2.70 bits per heavy atom. The average Bonchev–Trinajstić information content (AvgIpc) is 3.26. The summed E-state index contributed by atoms with van der Waals surface area (Å²) in [7, 11) is 0. The molecule has 3 N–H and O–H groups in total. The van der Waals surface area contributed by atoms with Crippen LogP contribution in [0.3, 0.4) is 0 Å². The van der Waals surface area contributed by atoms with Gasteiger partial charge in [-0.3, -0.25) is 23.9 Å². The van der Waals surface area contributed by atoms with E-state index in [4.69, 9.17) is 11.6 Å². The van der Waals surface area contributed by atoms with Gasteiger partial charge in [0.15, 0.2) is 11.9 Å². The Balaban J connectivity index is 1.42. The maximum absolute atomic E-state index is 14.0. The third kappa shape index (κ3) is 4.93. The molecule has 0 aromatic carbocycles. The highest BCUT2D eigenvalue weighted by atomic mass is 35.5. The van der Waals surface area contributed by atoms with Crippen LogP contribution in [0, 0.1) is 0 Å². The summed E-state index contributed by atoms with van der Waals surface area (Å²) < 4.78 is 43.2. The molecule has 0 radical (unpaired) electrons. The number of carbonyl (C=O) groups is 3. The number of piperazine rings is 1. The average molecular weight is 675 g/mol. The van der Waals surface area contributed by atoms with Crippen molar-refractivity contribution in [2.45, 2.75) is 55.5 Å². The molecule has 1 fully saturated rings. The monoisotopic (exact) mass is 674 g/mol. The van der Waals surface area contributed by atoms with Gasteiger partial charge in [-0.2, -0.15) is 18.3 Å². The van der Waals surface area contributed by atoms with E-state index in [0.29, 0.717) is 11.1 Å². The summed E-state index contributed by atoms with van der Waals surface area (Å²) >= 11 is 6.83. The molecule has 4 bridgehead atoms. The molecule has 246 valence electrons. The Bertz CT molecular complexity index is 2000. The van der Waals surface area contributed by atoms with E-state index in [1.165, 1.54) is 23.4 Å². The van der Waals surface area contributed by atoms with E-state index in [1.807, 2.05) is 0 Å². The summed E-state index contributed by atoms with van der Waals surface area (Å²) in [5.74, 6) is -3.21. The Morgan fingerprint density at radius 1 is 1.21 bits per heavy atom. The molecule has 3 aromatic heterocycles. The second-order valence-electron chi connectivity index (χ2n) is 12.0. The minimum atomic E-state index is -5.04. The Hall–Kier alpha value is -4.84. The zero-order valence-corrected chi connectivity index (χ0v) is 25.5. The van der Waals surface area contributed by atoms with Crippen LogP contribution in [0.2, 0.25) is 0 Å². The molecule has 4 atom stereocenters. The molecule has 3 unspecified atom stereocenters. The fourth-order valence-corrected chi connectivity index (χ4v) is 6.88. The molecule has 47 heavy (non-hydrogen) atoms. The number of carbonyl (C=O) groups excluding carboxylic acids is 3. The van der Waals surface area contributed by atoms with Crippen molar-refractivity contribution in [3.8, 4) is 5.69 Å². The standard InChI is InChI=1S/C28H26ClF3N10O5/c1-26(29)5-3-14-19-20(26)27(19,2)36-23(45)13-4-6-33-9-15(13)42-22(24(46)39-8-7-34-18(44)12-39)35-17(37-42)11-41-25(47)40(21(14)38-41)10-16(43)28(30,31)32/h3-6,9,14,16,43H,7-8,10-12H2,1-2H3,(H,34,44)(H,36,45)/t14?,16-,26?,27?/m0/s1. The zero-order chi connectivity index (χ0) is 33.6. The molecule has 3 aromatic rings.